The Hall–Kier alpha value is -0.900. The van der Waals surface area contributed by atoms with Gasteiger partial charge >= 0.3 is 0 Å². The van der Waals surface area contributed by atoms with E-state index < -0.39 is 12.0 Å². The summed E-state index contributed by atoms with van der Waals surface area (Å²) in [5, 5.41) is 9.80. The molecule has 1 unspecified atom stereocenters. The maximum absolute atomic E-state index is 9.80. The van der Waals surface area contributed by atoms with Crippen molar-refractivity contribution in [3.05, 3.63) is 35.9 Å². The summed E-state index contributed by atoms with van der Waals surface area (Å²) < 4.78 is 5.76. The number of hydrogen-bond donors (Lipinski definition) is 1. The number of aliphatic hydroxyl groups excluding tert-OH is 1. The van der Waals surface area contributed by atoms with Crippen LogP contribution in [0.4, 0.5) is 0 Å². The van der Waals surface area contributed by atoms with Gasteiger partial charge in [-0.05, 0) is 33.3 Å². The minimum Gasteiger partial charge on any atom is -0.367 e. The number of benzene rings is 1. The quantitative estimate of drug-likeness (QED) is 0.810. The predicted molar refractivity (Wildman–Crippen MR) is 67.3 cm³/mol. The average Bonchev–Trinajstić information content (AvgIpc) is 2.56. The maximum Gasteiger partial charge on any atom is 0.170 e. The fourth-order valence-corrected chi connectivity index (χ4v) is 2.58. The first-order chi connectivity index (χ1) is 7.84. The highest BCUT2D eigenvalue weighted by Crippen LogP contribution is 2.40. The Morgan fingerprint density at radius 2 is 1.88 bits per heavy atom. The first-order valence-electron chi connectivity index (χ1n) is 6.03. The molecule has 2 atom stereocenters. The number of hydrogen-bond acceptors (Lipinski definition) is 3. The second-order valence-electron chi connectivity index (χ2n) is 5.70. The molecule has 2 rings (SSSR count). The zero-order valence-electron chi connectivity index (χ0n) is 11.0. The predicted octanol–water partition coefficient (Wildman–Crippen LogP) is 2.31. The van der Waals surface area contributed by atoms with Crippen molar-refractivity contribution in [2.75, 3.05) is 6.54 Å². The Bertz CT molecular complexity index is 385. The molecule has 0 radical (unpaired) electrons. The fourth-order valence-electron chi connectivity index (χ4n) is 2.58. The molecular formula is C14H21NO2. The average molecular weight is 235 g/mol. The molecule has 0 amide bonds. The lowest BCUT2D eigenvalue weighted by Gasteiger charge is -2.42. The van der Waals surface area contributed by atoms with E-state index in [-0.39, 0.29) is 5.54 Å². The van der Waals surface area contributed by atoms with Gasteiger partial charge in [-0.1, -0.05) is 30.3 Å². The highest BCUT2D eigenvalue weighted by atomic mass is 16.6. The Balaban J connectivity index is 2.41. The van der Waals surface area contributed by atoms with Crippen LogP contribution in [-0.2, 0) is 10.5 Å². The summed E-state index contributed by atoms with van der Waals surface area (Å²) in [6.45, 7) is 8.96. The molecule has 1 saturated heterocycles. The molecule has 0 aromatic heterocycles. The van der Waals surface area contributed by atoms with Crippen LogP contribution in [0.3, 0.4) is 0 Å². The molecule has 17 heavy (non-hydrogen) atoms. The van der Waals surface area contributed by atoms with E-state index in [4.69, 9.17) is 4.74 Å². The zero-order chi connectivity index (χ0) is 12.7. The largest absolute Gasteiger partial charge is 0.367 e. The van der Waals surface area contributed by atoms with Crippen molar-refractivity contribution in [3.8, 4) is 0 Å². The van der Waals surface area contributed by atoms with Crippen molar-refractivity contribution in [1.82, 2.24) is 4.90 Å². The Morgan fingerprint density at radius 3 is 2.41 bits per heavy atom. The normalized spacial score (nSPS) is 30.8. The Kier molecular flexibility index (Phi) is 3.02. The topological polar surface area (TPSA) is 32.7 Å². The molecule has 1 aromatic carbocycles. The smallest absolute Gasteiger partial charge is 0.170 e. The van der Waals surface area contributed by atoms with Gasteiger partial charge in [-0.15, -0.1) is 0 Å². The fraction of sp³-hybridized carbons (Fsp3) is 0.571. The lowest BCUT2D eigenvalue weighted by molar-refractivity contribution is -0.169. The molecule has 0 aliphatic carbocycles. The molecule has 0 saturated carbocycles. The number of aliphatic hydroxyl groups is 1. The second kappa shape index (κ2) is 4.09. The summed E-state index contributed by atoms with van der Waals surface area (Å²) in [6, 6.07) is 10.1. The van der Waals surface area contributed by atoms with E-state index in [1.807, 2.05) is 37.3 Å². The first-order valence-corrected chi connectivity index (χ1v) is 6.03. The van der Waals surface area contributed by atoms with E-state index in [1.54, 1.807) is 0 Å². The van der Waals surface area contributed by atoms with Crippen LogP contribution in [0, 0.1) is 0 Å². The summed E-state index contributed by atoms with van der Waals surface area (Å²) in [5.74, 6) is 0. The number of rotatable bonds is 1. The highest BCUT2D eigenvalue weighted by molar-refractivity contribution is 5.23. The van der Waals surface area contributed by atoms with Crippen LogP contribution in [0.5, 0.6) is 0 Å². The molecule has 1 fully saturated rings. The number of ether oxygens (including phenoxy) is 1. The van der Waals surface area contributed by atoms with Gasteiger partial charge in [0, 0.05) is 5.54 Å². The van der Waals surface area contributed by atoms with Gasteiger partial charge < -0.3 is 9.84 Å². The van der Waals surface area contributed by atoms with Crippen LogP contribution in [-0.4, -0.2) is 28.4 Å². The van der Waals surface area contributed by atoms with Gasteiger partial charge in [-0.2, -0.15) is 0 Å². The standard InChI is InChI=1S/C14H21NO2/c1-13(2,3)15-10-12(16)17-14(15,4)11-8-6-5-7-9-11/h5-9,12,16H,10H2,1-4H3/t12?,14-/m0/s1. The van der Waals surface area contributed by atoms with Crippen LogP contribution < -0.4 is 0 Å². The van der Waals surface area contributed by atoms with Crippen LogP contribution >= 0.6 is 0 Å². The third-order valence-electron chi connectivity index (χ3n) is 3.34. The van der Waals surface area contributed by atoms with E-state index in [0.29, 0.717) is 6.54 Å². The van der Waals surface area contributed by atoms with E-state index >= 15 is 0 Å². The number of β-amino-alcohol motifs (C(OH)–C–C–N with tert-alkyl or cyclic N) is 1. The lowest BCUT2D eigenvalue weighted by Crippen LogP contribution is -2.50. The molecule has 1 aromatic rings. The van der Waals surface area contributed by atoms with Crippen LogP contribution in [0.1, 0.15) is 33.3 Å². The maximum atomic E-state index is 9.80. The molecule has 3 heteroatoms. The minimum atomic E-state index is -0.723. The Labute approximate surface area is 103 Å². The van der Waals surface area contributed by atoms with Crippen molar-refractivity contribution in [2.24, 2.45) is 0 Å². The molecule has 1 N–H and O–H groups in total. The van der Waals surface area contributed by atoms with Gasteiger partial charge in [0.25, 0.3) is 0 Å². The van der Waals surface area contributed by atoms with Gasteiger partial charge in [0.15, 0.2) is 6.29 Å². The molecule has 94 valence electrons. The van der Waals surface area contributed by atoms with Crippen molar-refractivity contribution in [1.29, 1.82) is 0 Å². The Morgan fingerprint density at radius 1 is 1.29 bits per heavy atom. The summed E-state index contributed by atoms with van der Waals surface area (Å²) in [4.78, 5) is 2.19. The van der Waals surface area contributed by atoms with Crippen LogP contribution in [0.25, 0.3) is 0 Å². The third-order valence-corrected chi connectivity index (χ3v) is 3.34. The second-order valence-corrected chi connectivity index (χ2v) is 5.70. The molecule has 1 aliphatic heterocycles. The molecule has 0 spiro atoms. The van der Waals surface area contributed by atoms with Gasteiger partial charge in [-0.25, -0.2) is 0 Å². The van der Waals surface area contributed by atoms with Gasteiger partial charge in [0.1, 0.15) is 5.72 Å². The lowest BCUT2D eigenvalue weighted by atomic mass is 9.97. The molecular weight excluding hydrogens is 214 g/mol. The highest BCUT2D eigenvalue weighted by Gasteiger charge is 2.48. The summed E-state index contributed by atoms with van der Waals surface area (Å²) in [5.41, 5.74) is 0.465. The van der Waals surface area contributed by atoms with Crippen molar-refractivity contribution < 1.29 is 9.84 Å². The summed E-state index contributed by atoms with van der Waals surface area (Å²) in [7, 11) is 0. The number of nitrogens with zero attached hydrogens (tertiary/aromatic N) is 1. The molecule has 1 aliphatic rings. The van der Waals surface area contributed by atoms with Gasteiger partial charge in [-0.3, -0.25) is 4.90 Å². The van der Waals surface area contributed by atoms with E-state index in [2.05, 4.69) is 25.7 Å². The van der Waals surface area contributed by atoms with Crippen molar-refractivity contribution in [2.45, 2.75) is 45.2 Å². The minimum absolute atomic E-state index is 0.0535. The summed E-state index contributed by atoms with van der Waals surface area (Å²) >= 11 is 0. The van der Waals surface area contributed by atoms with Crippen molar-refractivity contribution in [3.63, 3.8) is 0 Å². The van der Waals surface area contributed by atoms with E-state index in [0.717, 1.165) is 5.56 Å². The van der Waals surface area contributed by atoms with Crippen LogP contribution in [0.2, 0.25) is 0 Å². The molecule has 1 heterocycles. The SMILES string of the molecule is CC(C)(C)N1CC(O)O[C@@]1(C)c1ccccc1. The summed E-state index contributed by atoms with van der Waals surface area (Å²) in [6.07, 6.45) is -0.723. The monoisotopic (exact) mass is 235 g/mol. The zero-order valence-corrected chi connectivity index (χ0v) is 11.0. The van der Waals surface area contributed by atoms with Gasteiger partial charge in [0.05, 0.1) is 6.54 Å². The van der Waals surface area contributed by atoms with E-state index in [1.165, 1.54) is 0 Å². The van der Waals surface area contributed by atoms with Crippen molar-refractivity contribution >= 4 is 0 Å². The van der Waals surface area contributed by atoms with Crippen LogP contribution in [0.15, 0.2) is 30.3 Å². The van der Waals surface area contributed by atoms with E-state index in [9.17, 15) is 5.11 Å². The molecule has 3 nitrogen and oxygen atoms in total. The third kappa shape index (κ3) is 2.23. The van der Waals surface area contributed by atoms with Gasteiger partial charge in [0.2, 0.25) is 0 Å². The molecule has 0 bridgehead atoms. The first kappa shape index (κ1) is 12.6.